The van der Waals surface area contributed by atoms with Crippen molar-refractivity contribution in [3.05, 3.63) is 60.8 Å². The van der Waals surface area contributed by atoms with Gasteiger partial charge in [-0.1, -0.05) is 409 Å². The molecule has 0 radical (unpaired) electrons. The summed E-state index contributed by atoms with van der Waals surface area (Å²) in [5.74, 6) is 5.08. The smallest absolute Gasteiger partial charge is 0.00249 e. The SMILES string of the molecule is CC=CCCCCC(CC(CCC)CCCCC)C(CCC)(CCCC=CCC)C(CCC=CCCC)(CC(CCC)CCCCC)C(CC=CCCCC)(CC(CCC)CCCCC)C(C=CCCCCC)(CC(CCC)CCCCC)C(C)CC(CCC)CCCCC. The van der Waals surface area contributed by atoms with Crippen molar-refractivity contribution in [2.45, 2.75) is 484 Å². The lowest BCUT2D eigenvalue weighted by Gasteiger charge is -2.72. The van der Waals surface area contributed by atoms with Gasteiger partial charge < -0.3 is 0 Å². The van der Waals surface area contributed by atoms with Crippen LogP contribution < -0.4 is 0 Å². The Balaban J connectivity index is 12.0. The van der Waals surface area contributed by atoms with Crippen LogP contribution >= 0.6 is 0 Å². The van der Waals surface area contributed by atoms with E-state index in [1.165, 1.54) is 360 Å². The predicted molar refractivity (Wildman–Crippen MR) is 439 cm³/mol. The van der Waals surface area contributed by atoms with Crippen LogP contribution in [0.3, 0.4) is 0 Å². The zero-order chi connectivity index (χ0) is 70.4. The Bertz CT molecular complexity index is 1760. The van der Waals surface area contributed by atoms with Crippen molar-refractivity contribution in [3.63, 3.8) is 0 Å². The van der Waals surface area contributed by atoms with Crippen LogP contribution in [0.25, 0.3) is 0 Å². The van der Waals surface area contributed by atoms with Gasteiger partial charge in [0, 0.05) is 0 Å². The topological polar surface area (TPSA) is 0 Å². The molecule has 0 aromatic carbocycles. The molecule has 0 saturated carbocycles. The van der Waals surface area contributed by atoms with Crippen molar-refractivity contribution >= 4 is 0 Å². The highest BCUT2D eigenvalue weighted by Gasteiger charge is 2.69. The predicted octanol–water partition coefficient (Wildman–Crippen LogP) is 34.6. The van der Waals surface area contributed by atoms with Crippen LogP contribution in [-0.4, -0.2) is 0 Å². The number of hydrogen-bond donors (Lipinski definition) is 0. The molecule has 95 heavy (non-hydrogen) atoms. The normalized spacial score (nSPS) is 17.4. The molecule has 562 valence electrons. The van der Waals surface area contributed by atoms with Gasteiger partial charge in [-0.2, -0.15) is 0 Å². The van der Waals surface area contributed by atoms with Gasteiger partial charge >= 0.3 is 0 Å². The van der Waals surface area contributed by atoms with Gasteiger partial charge in [-0.3, -0.25) is 0 Å². The lowest BCUT2D eigenvalue weighted by atomic mass is 9.32. The molecule has 0 saturated heterocycles. The van der Waals surface area contributed by atoms with Crippen molar-refractivity contribution in [2.75, 3.05) is 0 Å². The molecule has 0 heteroatoms. The molecule has 0 aliphatic heterocycles. The Morgan fingerprint density at radius 1 is 0.274 bits per heavy atom. The van der Waals surface area contributed by atoms with Crippen LogP contribution in [0.1, 0.15) is 484 Å². The van der Waals surface area contributed by atoms with Gasteiger partial charge in [-0.25, -0.2) is 0 Å². The first-order valence-electron chi connectivity index (χ1n) is 44.6. The average molecular weight is 1320 g/mol. The molecule has 11 unspecified atom stereocenters. The van der Waals surface area contributed by atoms with Crippen LogP contribution in [0.2, 0.25) is 0 Å². The maximum atomic E-state index is 3.31. The van der Waals surface area contributed by atoms with E-state index < -0.39 is 0 Å². The van der Waals surface area contributed by atoms with Gasteiger partial charge in [0.1, 0.15) is 0 Å². The van der Waals surface area contributed by atoms with E-state index in [1.54, 1.807) is 0 Å². The third-order valence-electron chi connectivity index (χ3n) is 24.8. The Morgan fingerprint density at radius 3 is 1.18 bits per heavy atom. The number of rotatable bonds is 72. The van der Waals surface area contributed by atoms with Crippen molar-refractivity contribution in [2.24, 2.45) is 63.1 Å². The minimum Gasteiger partial charge on any atom is -0.0917 e. The second-order valence-corrected chi connectivity index (χ2v) is 32.7. The summed E-state index contributed by atoms with van der Waals surface area (Å²) in [6.45, 7) is 43.2. The van der Waals surface area contributed by atoms with Gasteiger partial charge in [0.25, 0.3) is 0 Å². The average Bonchev–Trinajstić information content (AvgIpc) is 0.683. The van der Waals surface area contributed by atoms with Gasteiger partial charge in [0.2, 0.25) is 0 Å². The lowest BCUT2D eigenvalue weighted by molar-refractivity contribution is -0.223. The molecule has 0 heterocycles. The van der Waals surface area contributed by atoms with Gasteiger partial charge in [-0.15, -0.1) is 0 Å². The van der Waals surface area contributed by atoms with E-state index in [9.17, 15) is 0 Å². The quantitative estimate of drug-likeness (QED) is 0.0421. The van der Waals surface area contributed by atoms with Crippen molar-refractivity contribution in [1.29, 1.82) is 0 Å². The first-order chi connectivity index (χ1) is 46.4. The third kappa shape index (κ3) is 36.9. The fraction of sp³-hybridized carbons (Fsp3) is 0.895. The molecule has 0 N–H and O–H groups in total. The largest absolute Gasteiger partial charge is 0.0917 e. The van der Waals surface area contributed by atoms with Crippen LogP contribution in [0.5, 0.6) is 0 Å². The lowest BCUT2D eigenvalue weighted by Crippen LogP contribution is -2.65. The zero-order valence-electron chi connectivity index (χ0n) is 69.1. The van der Waals surface area contributed by atoms with Crippen molar-refractivity contribution in [1.82, 2.24) is 0 Å². The highest BCUT2D eigenvalue weighted by molar-refractivity contribution is 5.25. The van der Waals surface area contributed by atoms with Crippen LogP contribution in [0, 0.1) is 63.1 Å². The number of allylic oxidation sites excluding steroid dienone is 10. The summed E-state index contributed by atoms with van der Waals surface area (Å²) in [6, 6.07) is 0. The summed E-state index contributed by atoms with van der Waals surface area (Å²) in [5, 5.41) is 0. The molecule has 0 fully saturated rings. The first-order valence-corrected chi connectivity index (χ1v) is 44.6. The molecule has 0 nitrogen and oxygen atoms in total. The Kier molecular flexibility index (Phi) is 62.7. The summed E-state index contributed by atoms with van der Waals surface area (Å²) in [7, 11) is 0. The van der Waals surface area contributed by atoms with E-state index in [2.05, 4.69) is 178 Å². The summed E-state index contributed by atoms with van der Waals surface area (Å²) in [4.78, 5) is 0. The molecule has 0 aliphatic rings. The number of unbranched alkanes of at least 4 members (excludes halogenated alkanes) is 19. The summed E-state index contributed by atoms with van der Waals surface area (Å²) in [5.41, 5.74) is 0.293. The molecular weight excluding hydrogens is 1140 g/mol. The van der Waals surface area contributed by atoms with E-state index in [-0.39, 0.29) is 21.7 Å². The molecule has 11 atom stereocenters. The molecule has 0 aromatic rings. The van der Waals surface area contributed by atoms with E-state index in [4.69, 9.17) is 0 Å². The third-order valence-corrected chi connectivity index (χ3v) is 24.8. The Labute approximate surface area is 604 Å². The minimum absolute atomic E-state index is 0.0166. The summed E-state index contributed by atoms with van der Waals surface area (Å²) in [6.07, 6.45) is 105. The minimum atomic E-state index is 0.0166. The van der Waals surface area contributed by atoms with E-state index in [0.29, 0.717) is 11.8 Å². The Morgan fingerprint density at radius 2 is 0.684 bits per heavy atom. The van der Waals surface area contributed by atoms with Crippen LogP contribution in [0.4, 0.5) is 0 Å². The second-order valence-electron chi connectivity index (χ2n) is 32.7. The zero-order valence-corrected chi connectivity index (χ0v) is 69.1. The monoisotopic (exact) mass is 1320 g/mol. The highest BCUT2D eigenvalue weighted by Crippen LogP contribution is 2.77. The van der Waals surface area contributed by atoms with Crippen molar-refractivity contribution in [3.8, 4) is 0 Å². The highest BCUT2D eigenvalue weighted by atomic mass is 14.7. The maximum Gasteiger partial charge on any atom is -0.00249 e. The fourth-order valence-electron chi connectivity index (χ4n) is 20.2. The molecule has 0 aliphatic carbocycles. The summed E-state index contributed by atoms with van der Waals surface area (Å²) < 4.78 is 0. The van der Waals surface area contributed by atoms with E-state index in [0.717, 1.165) is 36.0 Å². The molecular formula is C95H182. The Hall–Kier alpha value is -1.30. The van der Waals surface area contributed by atoms with E-state index in [1.807, 2.05) is 0 Å². The maximum absolute atomic E-state index is 3.31. The molecule has 0 spiro atoms. The molecule has 0 bridgehead atoms. The van der Waals surface area contributed by atoms with Crippen LogP contribution in [0.15, 0.2) is 60.8 Å². The summed E-state index contributed by atoms with van der Waals surface area (Å²) >= 11 is 0. The molecule has 0 rings (SSSR count). The van der Waals surface area contributed by atoms with Crippen molar-refractivity contribution < 1.29 is 0 Å². The van der Waals surface area contributed by atoms with E-state index >= 15 is 0 Å². The van der Waals surface area contributed by atoms with Gasteiger partial charge in [0.15, 0.2) is 0 Å². The number of hydrogen-bond acceptors (Lipinski definition) is 0. The first kappa shape index (κ1) is 93.7. The van der Waals surface area contributed by atoms with Crippen LogP contribution in [-0.2, 0) is 0 Å². The fourth-order valence-corrected chi connectivity index (χ4v) is 20.2. The molecule has 0 amide bonds. The van der Waals surface area contributed by atoms with Gasteiger partial charge in [-0.05, 0) is 198 Å². The standard InChI is InChI=1S/C95H182/c1-18-34-44-49-59-74-91(81-87(65-29-12)70-55-40-24-7)92(75-33-16,76-60-50-45-35-19-2)94(78-62-52-47-37-21-4,83-89(67-31-14)72-57-42-26-9)95(79-63-53-48-38-22-5,84-90(68-32-15)73-58-43-27-10)93(77-61-51-46-36-20-3,82-88(66-30-13)71-56-41-25-8)85(17)80-86(64-28-11)69-54-39-23-6/h18,34-35,45,47,52-53,61,63,77,85-91H,19-33,36-44,46,48-51,54-60,62,64-76,78-84H2,1-17H3. The van der Waals surface area contributed by atoms with Gasteiger partial charge in [0.05, 0.1) is 0 Å². The molecule has 0 aromatic heterocycles. The second kappa shape index (κ2) is 63.6.